The largest absolute Gasteiger partial charge is 0.464 e. The first-order valence-electron chi connectivity index (χ1n) is 18.5. The molecule has 14 heteroatoms. The van der Waals surface area contributed by atoms with Gasteiger partial charge in [0.05, 0.1) is 13.2 Å². The summed E-state index contributed by atoms with van der Waals surface area (Å²) in [4.78, 5) is 96.3. The molecular weight excluding hydrogens is 682 g/mol. The highest BCUT2D eigenvalue weighted by molar-refractivity contribution is 5.96. The highest BCUT2D eigenvalue weighted by Gasteiger charge is 2.36. The number of carbonyl (C=O) groups excluding carboxylic acids is 7. The highest BCUT2D eigenvalue weighted by atomic mass is 16.5. The van der Waals surface area contributed by atoms with Crippen LogP contribution in [0, 0.1) is 11.8 Å². The lowest BCUT2D eigenvalue weighted by atomic mass is 9.97. The van der Waals surface area contributed by atoms with E-state index in [0.29, 0.717) is 31.3 Å². The number of allylic oxidation sites excluding steroid dienone is 1. The smallest absolute Gasteiger partial charge is 0.334 e. The summed E-state index contributed by atoms with van der Waals surface area (Å²) in [6, 6.07) is 4.94. The number of cyclic esters (lactones) is 2. The van der Waals surface area contributed by atoms with Crippen LogP contribution in [-0.4, -0.2) is 109 Å². The van der Waals surface area contributed by atoms with E-state index >= 15 is 0 Å². The number of rotatable bonds is 6. The van der Waals surface area contributed by atoms with Crippen LogP contribution in [0.15, 0.2) is 42.0 Å². The summed E-state index contributed by atoms with van der Waals surface area (Å²) in [5.74, 6) is -4.96. The molecule has 294 valence electrons. The van der Waals surface area contributed by atoms with Crippen molar-refractivity contribution < 1.29 is 43.0 Å². The average molecular weight is 742 g/mol. The van der Waals surface area contributed by atoms with Gasteiger partial charge in [-0.2, -0.15) is 0 Å². The van der Waals surface area contributed by atoms with Crippen molar-refractivity contribution in [2.75, 3.05) is 27.2 Å². The second kappa shape index (κ2) is 21.7. The summed E-state index contributed by atoms with van der Waals surface area (Å²) in [6.45, 7) is 11.6. The van der Waals surface area contributed by atoms with Crippen LogP contribution in [-0.2, 0) is 49.5 Å². The fourth-order valence-electron chi connectivity index (χ4n) is 5.72. The Morgan fingerprint density at radius 3 is 2.13 bits per heavy atom. The Hall–Kier alpha value is -4.75. The van der Waals surface area contributed by atoms with E-state index in [-0.39, 0.29) is 25.4 Å². The van der Waals surface area contributed by atoms with E-state index < -0.39 is 84.2 Å². The molecule has 1 aromatic carbocycles. The average Bonchev–Trinajstić information content (AvgIpc) is 3.13. The summed E-state index contributed by atoms with van der Waals surface area (Å²) in [5, 5.41) is 8.10. The zero-order chi connectivity index (χ0) is 39.8. The molecule has 0 saturated heterocycles. The fraction of sp³-hybridized carbons (Fsp3) is 0.615. The van der Waals surface area contributed by atoms with Gasteiger partial charge in [-0.3, -0.25) is 24.0 Å². The number of nitrogens with zero attached hydrogens (tertiary/aromatic N) is 2. The molecule has 3 N–H and O–H groups in total. The van der Waals surface area contributed by atoms with Crippen LogP contribution in [0.4, 0.5) is 0 Å². The van der Waals surface area contributed by atoms with Gasteiger partial charge in [-0.25, -0.2) is 9.59 Å². The SMILES string of the molecule is CCC(C)C1NC(=O)CN(C)C(=O)[C@@H](Cc2ccccc2)N(C)C(=O)[C@H](C)NC(=O)C(C(C)C)OC(=O)/C(C)=C/CCCCOC(=O)[C@@H](CC)NC1=O. The van der Waals surface area contributed by atoms with Gasteiger partial charge in [0.2, 0.25) is 23.6 Å². The van der Waals surface area contributed by atoms with Crippen molar-refractivity contribution in [2.45, 2.75) is 117 Å². The number of hydrogen-bond acceptors (Lipinski definition) is 9. The molecule has 0 radical (unpaired) electrons. The maximum atomic E-state index is 14.0. The lowest BCUT2D eigenvalue weighted by Gasteiger charge is -2.33. The number of likely N-dealkylation sites (N-methyl/N-ethyl adjacent to an activating group) is 2. The van der Waals surface area contributed by atoms with Crippen molar-refractivity contribution >= 4 is 41.5 Å². The number of esters is 2. The molecule has 1 heterocycles. The topological polar surface area (TPSA) is 181 Å². The van der Waals surface area contributed by atoms with Gasteiger partial charge in [-0.15, -0.1) is 0 Å². The van der Waals surface area contributed by atoms with Crippen LogP contribution in [0.1, 0.15) is 86.1 Å². The number of hydrogen-bond donors (Lipinski definition) is 3. The lowest BCUT2D eigenvalue weighted by molar-refractivity contribution is -0.156. The lowest BCUT2D eigenvalue weighted by Crippen LogP contribution is -2.58. The van der Waals surface area contributed by atoms with E-state index in [1.54, 1.807) is 52.8 Å². The van der Waals surface area contributed by atoms with E-state index in [2.05, 4.69) is 16.0 Å². The minimum atomic E-state index is -1.19. The van der Waals surface area contributed by atoms with Crippen molar-refractivity contribution in [2.24, 2.45) is 11.8 Å². The van der Waals surface area contributed by atoms with Gasteiger partial charge in [-0.1, -0.05) is 77.4 Å². The van der Waals surface area contributed by atoms with E-state index in [9.17, 15) is 33.6 Å². The molecule has 0 spiro atoms. The zero-order valence-electron chi connectivity index (χ0n) is 32.7. The van der Waals surface area contributed by atoms with Crippen LogP contribution in [0.5, 0.6) is 0 Å². The van der Waals surface area contributed by atoms with E-state index in [4.69, 9.17) is 9.47 Å². The second-order valence-corrected chi connectivity index (χ2v) is 14.1. The Kier molecular flexibility index (Phi) is 18.2. The van der Waals surface area contributed by atoms with Crippen molar-refractivity contribution in [3.05, 3.63) is 47.5 Å². The van der Waals surface area contributed by atoms with Crippen molar-refractivity contribution in [3.8, 4) is 0 Å². The molecule has 0 aliphatic carbocycles. The summed E-state index contributed by atoms with van der Waals surface area (Å²) in [5.41, 5.74) is 1.06. The Labute approximate surface area is 313 Å². The molecule has 53 heavy (non-hydrogen) atoms. The first-order valence-corrected chi connectivity index (χ1v) is 18.5. The van der Waals surface area contributed by atoms with Crippen LogP contribution in [0.2, 0.25) is 0 Å². The van der Waals surface area contributed by atoms with Gasteiger partial charge in [-0.05, 0) is 56.9 Å². The van der Waals surface area contributed by atoms with Gasteiger partial charge in [0.15, 0.2) is 6.10 Å². The third-order valence-electron chi connectivity index (χ3n) is 9.39. The molecule has 5 amide bonds. The molecule has 2 rings (SSSR count). The van der Waals surface area contributed by atoms with Crippen LogP contribution in [0.3, 0.4) is 0 Å². The monoisotopic (exact) mass is 741 g/mol. The third kappa shape index (κ3) is 13.6. The van der Waals surface area contributed by atoms with E-state index in [1.165, 1.54) is 30.8 Å². The molecule has 3 unspecified atom stereocenters. The summed E-state index contributed by atoms with van der Waals surface area (Å²) in [7, 11) is 2.88. The van der Waals surface area contributed by atoms with Crippen molar-refractivity contribution in [1.29, 1.82) is 0 Å². The molecule has 1 aromatic rings. The normalized spacial score (nSPS) is 26.1. The number of benzene rings is 1. The first-order chi connectivity index (χ1) is 25.0. The minimum Gasteiger partial charge on any atom is -0.464 e. The molecule has 6 atom stereocenters. The predicted molar refractivity (Wildman–Crippen MR) is 199 cm³/mol. The van der Waals surface area contributed by atoms with Gasteiger partial charge < -0.3 is 35.2 Å². The Bertz CT molecular complexity index is 1460. The summed E-state index contributed by atoms with van der Waals surface area (Å²) in [6.07, 6.45) is 2.97. The van der Waals surface area contributed by atoms with Gasteiger partial charge in [0.1, 0.15) is 24.2 Å². The maximum absolute atomic E-state index is 14.0. The van der Waals surface area contributed by atoms with Gasteiger partial charge in [0, 0.05) is 26.1 Å². The van der Waals surface area contributed by atoms with E-state index in [0.717, 1.165) is 5.56 Å². The summed E-state index contributed by atoms with van der Waals surface area (Å²) >= 11 is 0. The fourth-order valence-corrected chi connectivity index (χ4v) is 5.72. The highest BCUT2D eigenvalue weighted by Crippen LogP contribution is 2.16. The quantitative estimate of drug-likeness (QED) is 0.370. The number of amides is 5. The first kappa shape index (κ1) is 44.4. The van der Waals surface area contributed by atoms with Crippen LogP contribution in [0.25, 0.3) is 0 Å². The Balaban J connectivity index is 2.47. The Morgan fingerprint density at radius 2 is 1.53 bits per heavy atom. The molecule has 14 nitrogen and oxygen atoms in total. The zero-order valence-corrected chi connectivity index (χ0v) is 32.7. The van der Waals surface area contributed by atoms with Gasteiger partial charge in [0.25, 0.3) is 5.91 Å². The molecular formula is C39H59N5O9. The molecule has 1 aliphatic heterocycles. The van der Waals surface area contributed by atoms with Crippen LogP contribution >= 0.6 is 0 Å². The van der Waals surface area contributed by atoms with Crippen molar-refractivity contribution in [1.82, 2.24) is 25.8 Å². The second-order valence-electron chi connectivity index (χ2n) is 14.1. The number of nitrogens with one attached hydrogen (secondary N) is 3. The molecule has 0 saturated carbocycles. The minimum absolute atomic E-state index is 0.0986. The molecule has 1 aliphatic rings. The number of ether oxygens (including phenoxy) is 2. The van der Waals surface area contributed by atoms with Crippen LogP contribution < -0.4 is 16.0 Å². The maximum Gasteiger partial charge on any atom is 0.334 e. The van der Waals surface area contributed by atoms with Crippen molar-refractivity contribution in [3.63, 3.8) is 0 Å². The molecule has 0 aromatic heterocycles. The predicted octanol–water partition coefficient (Wildman–Crippen LogP) is 2.69. The third-order valence-corrected chi connectivity index (χ3v) is 9.39. The summed E-state index contributed by atoms with van der Waals surface area (Å²) < 4.78 is 11.0. The van der Waals surface area contributed by atoms with Gasteiger partial charge >= 0.3 is 11.9 Å². The Morgan fingerprint density at radius 1 is 0.868 bits per heavy atom. The van der Waals surface area contributed by atoms with E-state index in [1.807, 2.05) is 25.1 Å². The molecule has 0 fully saturated rings. The number of carbonyl (C=O) groups is 7. The standard InChI is InChI=1S/C39H59N5O9/c1-10-25(5)32-34(46)41-29(11-2)39(51)52-21-17-13-14-18-26(6)38(50)53-33(24(3)4)35(47)40-27(7)36(48)44(9)30(22-28-19-15-12-16-20-28)37(49)43(8)23-31(45)42-32/h12,15-16,18-20,24-25,27,29-30,32-33H,10-11,13-14,17,21-23H2,1-9H3,(H,40,47)(H,41,46)(H,42,45)/b26-18+/t25?,27-,29+,30+,32?,33?/m0/s1. The molecule has 0 bridgehead atoms.